The van der Waals surface area contributed by atoms with Crippen LogP contribution in [0.3, 0.4) is 0 Å². The van der Waals surface area contributed by atoms with Gasteiger partial charge in [-0.3, -0.25) is 18.7 Å². The van der Waals surface area contributed by atoms with Crippen molar-refractivity contribution in [3.05, 3.63) is 6.33 Å². The fraction of sp³-hybridized carbons (Fsp3) is 0.720. The highest BCUT2D eigenvalue weighted by molar-refractivity contribution is 7.54. The summed E-state index contributed by atoms with van der Waals surface area (Å²) in [6.45, 7) is 7.48. The predicted octanol–water partition coefficient (Wildman–Crippen LogP) is 1.01. The maximum atomic E-state index is 13.9. The molecule has 2 unspecified atom stereocenters. The van der Waals surface area contributed by atoms with Crippen molar-refractivity contribution in [3.63, 3.8) is 0 Å². The molecule has 42 heavy (non-hydrogen) atoms. The van der Waals surface area contributed by atoms with Gasteiger partial charge >= 0.3 is 13.6 Å². The first-order chi connectivity index (χ1) is 19.8. The third-order valence-electron chi connectivity index (χ3n) is 7.13. The number of rotatable bonds is 15. The van der Waals surface area contributed by atoms with E-state index in [2.05, 4.69) is 30.4 Å². The second-order valence-electron chi connectivity index (χ2n) is 10.9. The fourth-order valence-corrected chi connectivity index (χ4v) is 6.51. The van der Waals surface area contributed by atoms with Crippen molar-refractivity contribution >= 4 is 42.4 Å². The Morgan fingerprint density at radius 3 is 2.60 bits per heavy atom. The molecule has 234 valence electrons. The second kappa shape index (κ2) is 12.9. The number of nitrogens with zero attached hydrogens (tertiary/aromatic N) is 4. The number of nitrogens with one attached hydrogen (secondary N) is 3. The Bertz CT molecular complexity index is 1300. The molecule has 1 saturated heterocycles. The molecule has 4 rings (SSSR count). The summed E-state index contributed by atoms with van der Waals surface area (Å²) in [7, 11) is -4.11. The SMILES string of the molecule is CCCC(=O)[C@H](C)NP(=O)(N[C@@H](C)C(=O)OCC)OC[C@H]1O[C@@H](n2cnc3c(NC4CC4)nc(N)nc32)[C@@](C)(O)C1O. The number of imidazole rings is 1. The minimum atomic E-state index is -4.11. The molecule has 2 aromatic rings. The van der Waals surface area contributed by atoms with Crippen LogP contribution in [-0.2, 0) is 28.2 Å². The molecule has 0 radical (unpaired) electrons. The van der Waals surface area contributed by atoms with Gasteiger partial charge in [0.25, 0.3) is 0 Å². The number of anilines is 2. The lowest BCUT2D eigenvalue weighted by Gasteiger charge is -2.28. The van der Waals surface area contributed by atoms with Gasteiger partial charge in [0.15, 0.2) is 23.2 Å². The molecule has 1 saturated carbocycles. The van der Waals surface area contributed by atoms with Gasteiger partial charge in [-0.25, -0.2) is 15.2 Å². The zero-order valence-corrected chi connectivity index (χ0v) is 25.3. The maximum Gasteiger partial charge on any atom is 0.342 e. The van der Waals surface area contributed by atoms with Gasteiger partial charge in [-0.15, -0.1) is 0 Å². The molecule has 7 atom stereocenters. The molecule has 0 amide bonds. The van der Waals surface area contributed by atoms with Gasteiger partial charge in [0.05, 0.1) is 25.6 Å². The molecule has 0 aromatic carbocycles. The minimum absolute atomic E-state index is 0.00832. The van der Waals surface area contributed by atoms with E-state index < -0.39 is 56.4 Å². The summed E-state index contributed by atoms with van der Waals surface area (Å²) in [6.07, 6.45) is 0.386. The van der Waals surface area contributed by atoms with Crippen molar-refractivity contribution in [3.8, 4) is 0 Å². The number of ether oxygens (including phenoxy) is 2. The molecule has 1 aliphatic carbocycles. The summed E-state index contributed by atoms with van der Waals surface area (Å²) in [5.41, 5.74) is 4.79. The number of nitrogen functional groups attached to an aromatic ring is 1. The highest BCUT2D eigenvalue weighted by atomic mass is 31.2. The van der Waals surface area contributed by atoms with Crippen LogP contribution in [0.4, 0.5) is 11.8 Å². The maximum absolute atomic E-state index is 13.9. The van der Waals surface area contributed by atoms with Gasteiger partial charge in [0.2, 0.25) is 5.95 Å². The summed E-state index contributed by atoms with van der Waals surface area (Å²) >= 11 is 0. The van der Waals surface area contributed by atoms with Crippen LogP contribution in [-0.4, -0.2) is 90.6 Å². The van der Waals surface area contributed by atoms with Gasteiger partial charge in [0, 0.05) is 12.5 Å². The van der Waals surface area contributed by atoms with Crippen LogP contribution in [0.25, 0.3) is 11.2 Å². The number of aliphatic hydroxyl groups excluding tert-OH is 1. The van der Waals surface area contributed by atoms with Gasteiger partial charge in [-0.05, 0) is 47.0 Å². The fourth-order valence-electron chi connectivity index (χ4n) is 4.66. The molecular weight excluding hydrogens is 571 g/mol. The highest BCUT2D eigenvalue weighted by Crippen LogP contribution is 2.44. The standard InChI is InChI=1S/C25H41N8O8P/c1-6-8-16(34)13(3)31-42(38,32-14(4)22(36)39-7-2)40-11-17-19(35)25(5,37)23(41-17)33-12-27-18-20(28-15-9-10-15)29-24(26)30-21(18)33/h12-15,17,19,23,35,37H,6-11H2,1-5H3,(H2,31,32,38)(H3,26,28,29,30)/t13-,14-,17+,19?,23+,25-,42?/m0/s1. The Morgan fingerprint density at radius 1 is 1.26 bits per heavy atom. The Hall–Kier alpha value is -2.72. The topological polar surface area (TPSA) is 225 Å². The minimum Gasteiger partial charge on any atom is -0.465 e. The van der Waals surface area contributed by atoms with E-state index >= 15 is 0 Å². The molecule has 0 bridgehead atoms. The number of carbonyl (C=O) groups is 2. The summed E-state index contributed by atoms with van der Waals surface area (Å²) in [6, 6.07) is -1.65. The first kappa shape index (κ1) is 32.2. The zero-order valence-electron chi connectivity index (χ0n) is 24.4. The van der Waals surface area contributed by atoms with Crippen molar-refractivity contribution in [2.45, 2.75) is 102 Å². The molecule has 2 aromatic heterocycles. The van der Waals surface area contributed by atoms with E-state index in [0.717, 1.165) is 12.8 Å². The van der Waals surface area contributed by atoms with E-state index in [1.165, 1.54) is 31.7 Å². The number of Topliss-reactive ketones (excluding diaryl/α,β-unsaturated/α-hetero) is 1. The highest BCUT2D eigenvalue weighted by Gasteiger charge is 2.54. The van der Waals surface area contributed by atoms with E-state index in [0.29, 0.717) is 17.8 Å². The molecule has 0 spiro atoms. The largest absolute Gasteiger partial charge is 0.465 e. The van der Waals surface area contributed by atoms with Crippen LogP contribution >= 0.6 is 7.67 Å². The van der Waals surface area contributed by atoms with Crippen LogP contribution in [0.2, 0.25) is 0 Å². The number of fused-ring (bicyclic) bond motifs is 1. The number of ketones is 1. The molecule has 7 N–H and O–H groups in total. The third kappa shape index (κ3) is 7.08. The Balaban J connectivity index is 1.54. The third-order valence-corrected chi connectivity index (χ3v) is 9.10. The first-order valence-corrected chi connectivity index (χ1v) is 15.7. The summed E-state index contributed by atoms with van der Waals surface area (Å²) in [5, 5.41) is 30.9. The quantitative estimate of drug-likeness (QED) is 0.122. The summed E-state index contributed by atoms with van der Waals surface area (Å²) in [5.74, 6) is -0.418. The van der Waals surface area contributed by atoms with Crippen molar-refractivity contribution in [1.82, 2.24) is 29.7 Å². The lowest BCUT2D eigenvalue weighted by molar-refractivity contribution is -0.144. The number of nitrogens with two attached hydrogens (primary N) is 1. The van der Waals surface area contributed by atoms with Crippen LogP contribution in [0.5, 0.6) is 0 Å². The number of esters is 1. The molecule has 2 fully saturated rings. The van der Waals surface area contributed by atoms with Crippen LogP contribution < -0.4 is 21.2 Å². The molecular formula is C25H41N8O8P. The van der Waals surface area contributed by atoms with E-state index in [4.69, 9.17) is 19.7 Å². The number of carbonyl (C=O) groups excluding carboxylic acids is 2. The Morgan fingerprint density at radius 2 is 1.95 bits per heavy atom. The van der Waals surface area contributed by atoms with Crippen LogP contribution in [0.15, 0.2) is 6.33 Å². The van der Waals surface area contributed by atoms with E-state index in [1.807, 2.05) is 6.92 Å². The second-order valence-corrected chi connectivity index (χ2v) is 12.8. The molecule has 2 aliphatic rings. The monoisotopic (exact) mass is 612 g/mol. The molecule has 17 heteroatoms. The van der Waals surface area contributed by atoms with Crippen LogP contribution in [0, 0.1) is 0 Å². The van der Waals surface area contributed by atoms with Crippen molar-refractivity contribution in [2.24, 2.45) is 0 Å². The number of hydrogen-bond acceptors (Lipinski definition) is 13. The average Bonchev–Trinajstić information content (AvgIpc) is 3.59. The van der Waals surface area contributed by atoms with Crippen molar-refractivity contribution < 1.29 is 38.4 Å². The first-order valence-electron chi connectivity index (χ1n) is 14.1. The Labute approximate surface area is 243 Å². The predicted molar refractivity (Wildman–Crippen MR) is 152 cm³/mol. The summed E-state index contributed by atoms with van der Waals surface area (Å²) in [4.78, 5) is 37.6. The van der Waals surface area contributed by atoms with Crippen molar-refractivity contribution in [2.75, 3.05) is 24.3 Å². The van der Waals surface area contributed by atoms with E-state index in [1.54, 1.807) is 6.92 Å². The lowest BCUT2D eigenvalue weighted by atomic mass is 9.96. The Kier molecular flexibility index (Phi) is 9.87. The average molecular weight is 613 g/mol. The lowest BCUT2D eigenvalue weighted by Crippen LogP contribution is -2.45. The van der Waals surface area contributed by atoms with Crippen LogP contribution in [0.1, 0.15) is 66.5 Å². The smallest absolute Gasteiger partial charge is 0.342 e. The number of aromatic nitrogens is 4. The normalized spacial score (nSPS) is 27.0. The molecule has 3 heterocycles. The van der Waals surface area contributed by atoms with E-state index in [9.17, 15) is 24.4 Å². The van der Waals surface area contributed by atoms with Gasteiger partial charge in [-0.1, -0.05) is 6.92 Å². The van der Waals surface area contributed by atoms with E-state index in [-0.39, 0.29) is 36.4 Å². The zero-order chi connectivity index (χ0) is 30.8. The van der Waals surface area contributed by atoms with Gasteiger partial charge in [-0.2, -0.15) is 9.97 Å². The number of hydrogen-bond donors (Lipinski definition) is 6. The summed E-state index contributed by atoms with van der Waals surface area (Å²) < 4.78 is 32.1. The molecule has 16 nitrogen and oxygen atoms in total. The number of aliphatic hydroxyl groups is 2. The molecule has 1 aliphatic heterocycles. The van der Waals surface area contributed by atoms with Gasteiger partial charge in [0.1, 0.15) is 29.6 Å². The van der Waals surface area contributed by atoms with Gasteiger partial charge < -0.3 is 35.3 Å². The van der Waals surface area contributed by atoms with Crippen molar-refractivity contribution in [1.29, 1.82) is 0 Å².